The summed E-state index contributed by atoms with van der Waals surface area (Å²) in [5.74, 6) is 0. The zero-order valence-electron chi connectivity index (χ0n) is 35.3. The van der Waals surface area contributed by atoms with Gasteiger partial charge < -0.3 is 17.8 Å². The third-order valence-corrected chi connectivity index (χ3v) is 14.5. The molecule has 4 nitrogen and oxygen atoms in total. The molecule has 16 rings (SSSR count). The molecule has 0 aliphatic carbocycles. The Hall–Kier alpha value is -8.86. The molecule has 11 aromatic carbocycles. The summed E-state index contributed by atoms with van der Waals surface area (Å²) in [5, 5.41) is 17.0. The molecule has 0 radical (unpaired) electrons. The van der Waals surface area contributed by atoms with E-state index in [1.165, 1.54) is 104 Å². The number of para-hydroxylation sites is 4. The van der Waals surface area contributed by atoms with Gasteiger partial charge in [-0.2, -0.15) is 0 Å². The minimum atomic E-state index is 0.910. The lowest BCUT2D eigenvalue weighted by Crippen LogP contribution is -1.93. The van der Waals surface area contributed by atoms with Crippen LogP contribution in [0, 0.1) is 0 Å². The third kappa shape index (κ3) is 4.57. The van der Waals surface area contributed by atoms with Gasteiger partial charge in [-0.25, -0.2) is 0 Å². The molecule has 0 atom stereocenters. The lowest BCUT2D eigenvalue weighted by atomic mass is 9.96. The summed E-state index contributed by atoms with van der Waals surface area (Å²) < 4.78 is 17.4. The molecular weight excluding hydrogens is 805 g/mol. The van der Waals surface area contributed by atoms with Crippen molar-refractivity contribution in [1.82, 2.24) is 8.97 Å². The number of fused-ring (bicyclic) bond motifs is 18. The van der Waals surface area contributed by atoms with Gasteiger partial charge in [-0.1, -0.05) is 109 Å². The first-order valence-electron chi connectivity index (χ1n) is 22.6. The molecule has 66 heavy (non-hydrogen) atoms. The van der Waals surface area contributed by atoms with Gasteiger partial charge in [0, 0.05) is 59.5 Å². The number of hydrogen-bond acceptors (Lipinski definition) is 2. The van der Waals surface area contributed by atoms with Crippen LogP contribution < -0.4 is 0 Å². The number of rotatable bonds is 3. The number of furan rings is 2. The van der Waals surface area contributed by atoms with Gasteiger partial charge >= 0.3 is 0 Å². The van der Waals surface area contributed by atoms with Crippen molar-refractivity contribution in [2.75, 3.05) is 0 Å². The molecule has 0 unspecified atom stereocenters. The summed E-state index contributed by atoms with van der Waals surface area (Å²) in [6.07, 6.45) is 0. The molecule has 0 aliphatic rings. The number of aromatic nitrogens is 2. The highest BCUT2D eigenvalue weighted by Gasteiger charge is 2.25. The summed E-state index contributed by atoms with van der Waals surface area (Å²) in [7, 11) is 0. The lowest BCUT2D eigenvalue weighted by Gasteiger charge is -2.10. The fourth-order valence-electron chi connectivity index (χ4n) is 11.6. The Morgan fingerprint density at radius 1 is 0.273 bits per heavy atom. The Morgan fingerprint density at radius 3 is 1.42 bits per heavy atom. The zero-order valence-corrected chi connectivity index (χ0v) is 35.3. The van der Waals surface area contributed by atoms with Crippen LogP contribution in [-0.2, 0) is 0 Å². The molecule has 0 aliphatic heterocycles. The van der Waals surface area contributed by atoms with E-state index in [4.69, 9.17) is 8.83 Å². The van der Waals surface area contributed by atoms with Crippen molar-refractivity contribution in [3.8, 4) is 27.9 Å². The maximum absolute atomic E-state index is 6.21. The summed E-state index contributed by atoms with van der Waals surface area (Å²) in [5.41, 5.74) is 15.7. The SMILES string of the molecule is c1ccc(-n2c3ccccc3c3cc4c5cc6cc(-c7ccc8oc9ccccc9c8c7)ccc6cc5n5c6cc7ccc(-c8ccc9oc%10ccccc%10c9c8)cc7cc6c(c32)c45)cc1. The van der Waals surface area contributed by atoms with Crippen molar-refractivity contribution in [1.29, 1.82) is 0 Å². The van der Waals surface area contributed by atoms with E-state index in [9.17, 15) is 0 Å². The molecule has 16 aromatic rings. The fourth-order valence-corrected chi connectivity index (χ4v) is 11.6. The normalized spacial score (nSPS) is 12.5. The summed E-state index contributed by atoms with van der Waals surface area (Å²) >= 11 is 0. The van der Waals surface area contributed by atoms with Crippen LogP contribution in [0.2, 0.25) is 0 Å². The third-order valence-electron chi connectivity index (χ3n) is 14.5. The van der Waals surface area contributed by atoms with E-state index < -0.39 is 0 Å². The maximum atomic E-state index is 6.21. The van der Waals surface area contributed by atoms with Gasteiger partial charge in [-0.3, -0.25) is 0 Å². The molecule has 0 saturated heterocycles. The van der Waals surface area contributed by atoms with Gasteiger partial charge in [-0.15, -0.1) is 0 Å². The van der Waals surface area contributed by atoms with Crippen LogP contribution in [-0.4, -0.2) is 8.97 Å². The van der Waals surface area contributed by atoms with E-state index in [2.05, 4.69) is 191 Å². The average Bonchev–Trinajstić information content (AvgIpc) is 4.17. The molecule has 304 valence electrons. The first-order chi connectivity index (χ1) is 32.7. The minimum Gasteiger partial charge on any atom is -0.456 e. The van der Waals surface area contributed by atoms with Gasteiger partial charge in [0.15, 0.2) is 0 Å². The van der Waals surface area contributed by atoms with Gasteiger partial charge in [0.2, 0.25) is 0 Å². The highest BCUT2D eigenvalue weighted by molar-refractivity contribution is 6.35. The summed E-state index contributed by atoms with van der Waals surface area (Å²) in [4.78, 5) is 0. The predicted octanol–water partition coefficient (Wildman–Crippen LogP) is 17.4. The molecule has 0 bridgehead atoms. The highest BCUT2D eigenvalue weighted by Crippen LogP contribution is 2.48. The molecule has 0 spiro atoms. The number of hydrogen-bond donors (Lipinski definition) is 0. The molecule has 0 amide bonds. The topological polar surface area (TPSA) is 35.6 Å². The fraction of sp³-hybridized carbons (Fsp3) is 0. The van der Waals surface area contributed by atoms with Gasteiger partial charge in [0.05, 0.1) is 27.6 Å². The first-order valence-corrected chi connectivity index (χ1v) is 22.6. The Kier molecular flexibility index (Phi) is 6.52. The second-order valence-corrected chi connectivity index (χ2v) is 18.0. The number of benzene rings is 11. The van der Waals surface area contributed by atoms with Crippen LogP contribution in [0.25, 0.3) is 153 Å². The summed E-state index contributed by atoms with van der Waals surface area (Å²) in [6.45, 7) is 0. The van der Waals surface area contributed by atoms with Crippen LogP contribution in [0.4, 0.5) is 0 Å². The van der Waals surface area contributed by atoms with Crippen LogP contribution in [0.3, 0.4) is 0 Å². The molecule has 5 heterocycles. The van der Waals surface area contributed by atoms with Crippen LogP contribution in [0.5, 0.6) is 0 Å². The van der Waals surface area contributed by atoms with Crippen molar-refractivity contribution >= 4 is 125 Å². The van der Waals surface area contributed by atoms with E-state index in [1.807, 2.05) is 24.3 Å². The molecule has 0 N–H and O–H groups in total. The van der Waals surface area contributed by atoms with Crippen molar-refractivity contribution in [3.63, 3.8) is 0 Å². The molecule has 4 heteroatoms. The van der Waals surface area contributed by atoms with E-state index in [0.717, 1.165) is 49.6 Å². The van der Waals surface area contributed by atoms with Crippen molar-refractivity contribution in [2.24, 2.45) is 0 Å². The van der Waals surface area contributed by atoms with Gasteiger partial charge in [-0.05, 0) is 141 Å². The monoisotopic (exact) mass is 838 g/mol. The van der Waals surface area contributed by atoms with Crippen LogP contribution in [0.15, 0.2) is 215 Å². The van der Waals surface area contributed by atoms with Crippen LogP contribution in [0.1, 0.15) is 0 Å². The van der Waals surface area contributed by atoms with Gasteiger partial charge in [0.25, 0.3) is 0 Å². The van der Waals surface area contributed by atoms with Crippen molar-refractivity contribution < 1.29 is 8.83 Å². The Bertz CT molecular complexity index is 4750. The largest absolute Gasteiger partial charge is 0.456 e. The predicted molar refractivity (Wildman–Crippen MR) is 276 cm³/mol. The van der Waals surface area contributed by atoms with E-state index >= 15 is 0 Å². The Labute approximate surface area is 375 Å². The average molecular weight is 839 g/mol. The zero-order chi connectivity index (χ0) is 42.8. The first kappa shape index (κ1) is 34.6. The van der Waals surface area contributed by atoms with Crippen LogP contribution >= 0.6 is 0 Å². The minimum absolute atomic E-state index is 0.910. The smallest absolute Gasteiger partial charge is 0.135 e. The van der Waals surface area contributed by atoms with E-state index in [1.54, 1.807) is 0 Å². The molecule has 5 aromatic heterocycles. The molecule has 0 saturated carbocycles. The van der Waals surface area contributed by atoms with E-state index in [-0.39, 0.29) is 0 Å². The molecule has 0 fully saturated rings. The lowest BCUT2D eigenvalue weighted by molar-refractivity contribution is 0.668. The summed E-state index contributed by atoms with van der Waals surface area (Å²) in [6, 6.07) is 75.6. The maximum Gasteiger partial charge on any atom is 0.135 e. The van der Waals surface area contributed by atoms with Gasteiger partial charge in [0.1, 0.15) is 22.3 Å². The number of nitrogens with zero attached hydrogens (tertiary/aromatic N) is 2. The Morgan fingerprint density at radius 2 is 0.773 bits per heavy atom. The Balaban J connectivity index is 0.982. The highest BCUT2D eigenvalue weighted by atomic mass is 16.3. The molecular formula is C62H34N2O2. The second kappa shape index (κ2) is 12.4. The van der Waals surface area contributed by atoms with E-state index in [0.29, 0.717) is 0 Å². The van der Waals surface area contributed by atoms with Crippen molar-refractivity contribution in [2.45, 2.75) is 0 Å². The second-order valence-electron chi connectivity index (χ2n) is 18.0. The standard InChI is InChI=1S/C62H34N2O2/c1-2-10-43(11-3-1)63-53-15-7-4-12-44(53)50-34-51-47-30-41-26-35(37-22-24-58-48(28-37)45-13-5-8-16-56(45)65-58)18-20-39(41)32-54(47)64-55-33-40-21-19-36(27-42(40)31-52(55)60(61(50)63)62(51)64)38-23-25-59-49(29-38)46-14-6-9-17-57(46)66-59/h1-34H. The van der Waals surface area contributed by atoms with Crippen molar-refractivity contribution in [3.05, 3.63) is 206 Å². The quantitative estimate of drug-likeness (QED) is 0.178.